The van der Waals surface area contributed by atoms with Crippen LogP contribution in [0.5, 0.6) is 0 Å². The smallest absolute Gasteiger partial charge is 0.0213 e. The molecule has 0 saturated heterocycles. The molecule has 1 saturated carbocycles. The molecule has 0 atom stereocenters. The second-order valence-electron chi connectivity index (χ2n) is 5.26. The first kappa shape index (κ1) is 10.2. The van der Waals surface area contributed by atoms with Crippen molar-refractivity contribution in [3.8, 4) is 0 Å². The highest BCUT2D eigenvalue weighted by Gasteiger charge is 2.26. The van der Waals surface area contributed by atoms with Crippen LogP contribution in [0, 0.1) is 0 Å². The second-order valence-corrected chi connectivity index (χ2v) is 6.11. The van der Waals surface area contributed by atoms with Crippen LogP contribution in [0.1, 0.15) is 50.7 Å². The Balaban J connectivity index is 2.35. The summed E-state index contributed by atoms with van der Waals surface area (Å²) in [7, 11) is 0. The van der Waals surface area contributed by atoms with Gasteiger partial charge in [-0.15, -0.1) is 0 Å². The summed E-state index contributed by atoms with van der Waals surface area (Å²) in [5.74, 6) is 0.832. The zero-order chi connectivity index (χ0) is 10.3. The summed E-state index contributed by atoms with van der Waals surface area (Å²) in [6.07, 6.45) is 2.74. The Hall–Kier alpha value is -0.300. The minimum atomic E-state index is 0.255. The standard InChI is InChI=1S/C13H17Br/c1-13(2,3)10-6-7-11(9-4-5-9)12(14)8-10/h6-9H,4-5H2,1-3H3. The predicted octanol–water partition coefficient (Wildman–Crippen LogP) is 4.62. The zero-order valence-electron chi connectivity index (χ0n) is 9.10. The lowest BCUT2D eigenvalue weighted by Crippen LogP contribution is -2.11. The van der Waals surface area contributed by atoms with Gasteiger partial charge in [-0.2, -0.15) is 0 Å². The summed E-state index contributed by atoms with van der Waals surface area (Å²) >= 11 is 3.68. The quantitative estimate of drug-likeness (QED) is 0.684. The van der Waals surface area contributed by atoms with E-state index in [-0.39, 0.29) is 5.41 Å². The summed E-state index contributed by atoms with van der Waals surface area (Å²) < 4.78 is 1.30. The average Bonchev–Trinajstić information content (AvgIpc) is 2.85. The van der Waals surface area contributed by atoms with Gasteiger partial charge in [-0.25, -0.2) is 0 Å². The highest BCUT2D eigenvalue weighted by atomic mass is 79.9. The van der Waals surface area contributed by atoms with Crippen molar-refractivity contribution in [1.82, 2.24) is 0 Å². The summed E-state index contributed by atoms with van der Waals surface area (Å²) in [6.45, 7) is 6.77. The summed E-state index contributed by atoms with van der Waals surface area (Å²) in [5, 5.41) is 0. The molecule has 1 aliphatic carbocycles. The molecule has 0 amide bonds. The Morgan fingerprint density at radius 2 is 1.86 bits per heavy atom. The third-order valence-corrected chi connectivity index (χ3v) is 3.57. The van der Waals surface area contributed by atoms with Crippen molar-refractivity contribution in [1.29, 1.82) is 0 Å². The Bertz CT molecular complexity index is 343. The molecule has 0 spiro atoms. The molecule has 1 aromatic rings. The van der Waals surface area contributed by atoms with Crippen LogP contribution in [0.4, 0.5) is 0 Å². The Kier molecular flexibility index (Phi) is 2.46. The lowest BCUT2D eigenvalue weighted by molar-refractivity contribution is 0.589. The Morgan fingerprint density at radius 1 is 1.21 bits per heavy atom. The van der Waals surface area contributed by atoms with E-state index < -0.39 is 0 Å². The number of rotatable bonds is 1. The molecule has 1 heteroatoms. The third kappa shape index (κ3) is 2.03. The molecular weight excluding hydrogens is 236 g/mol. The van der Waals surface area contributed by atoms with Gasteiger partial charge in [0.2, 0.25) is 0 Å². The largest absolute Gasteiger partial charge is 0.0581 e. The average molecular weight is 253 g/mol. The van der Waals surface area contributed by atoms with Gasteiger partial charge in [0.1, 0.15) is 0 Å². The molecule has 0 aromatic heterocycles. The van der Waals surface area contributed by atoms with Gasteiger partial charge in [0.05, 0.1) is 0 Å². The van der Waals surface area contributed by atoms with E-state index in [1.807, 2.05) is 0 Å². The fourth-order valence-electron chi connectivity index (χ4n) is 1.72. The molecular formula is C13H17Br. The van der Waals surface area contributed by atoms with Gasteiger partial charge in [0.15, 0.2) is 0 Å². The summed E-state index contributed by atoms with van der Waals surface area (Å²) in [6, 6.07) is 6.86. The van der Waals surface area contributed by atoms with Crippen LogP contribution in [0.15, 0.2) is 22.7 Å². The van der Waals surface area contributed by atoms with E-state index in [2.05, 4.69) is 54.9 Å². The maximum atomic E-state index is 3.68. The number of benzene rings is 1. The van der Waals surface area contributed by atoms with E-state index in [9.17, 15) is 0 Å². The maximum absolute atomic E-state index is 3.68. The highest BCUT2D eigenvalue weighted by molar-refractivity contribution is 9.10. The van der Waals surface area contributed by atoms with Gasteiger partial charge < -0.3 is 0 Å². The molecule has 1 fully saturated rings. The lowest BCUT2D eigenvalue weighted by Gasteiger charge is -2.20. The van der Waals surface area contributed by atoms with E-state index in [4.69, 9.17) is 0 Å². The van der Waals surface area contributed by atoms with Crippen LogP contribution in [-0.2, 0) is 5.41 Å². The molecule has 76 valence electrons. The molecule has 1 aromatic carbocycles. The van der Waals surface area contributed by atoms with E-state index >= 15 is 0 Å². The highest BCUT2D eigenvalue weighted by Crippen LogP contribution is 2.44. The Labute approximate surface area is 94.8 Å². The summed E-state index contributed by atoms with van der Waals surface area (Å²) in [4.78, 5) is 0. The fraction of sp³-hybridized carbons (Fsp3) is 0.538. The molecule has 0 radical (unpaired) electrons. The molecule has 1 aliphatic rings. The van der Waals surface area contributed by atoms with Gasteiger partial charge >= 0.3 is 0 Å². The monoisotopic (exact) mass is 252 g/mol. The van der Waals surface area contributed by atoms with Crippen molar-refractivity contribution in [2.45, 2.75) is 44.9 Å². The van der Waals surface area contributed by atoms with E-state index in [0.717, 1.165) is 5.92 Å². The van der Waals surface area contributed by atoms with Crippen LogP contribution in [0.25, 0.3) is 0 Å². The van der Waals surface area contributed by atoms with Gasteiger partial charge in [-0.1, -0.05) is 48.8 Å². The van der Waals surface area contributed by atoms with Crippen molar-refractivity contribution in [2.24, 2.45) is 0 Å². The molecule has 14 heavy (non-hydrogen) atoms. The number of halogens is 1. The van der Waals surface area contributed by atoms with Crippen molar-refractivity contribution < 1.29 is 0 Å². The lowest BCUT2D eigenvalue weighted by atomic mass is 9.86. The molecule has 0 N–H and O–H groups in total. The maximum Gasteiger partial charge on any atom is 0.0213 e. The minimum Gasteiger partial charge on any atom is -0.0581 e. The van der Waals surface area contributed by atoms with Gasteiger partial charge in [0, 0.05) is 4.47 Å². The van der Waals surface area contributed by atoms with E-state index in [0.29, 0.717) is 0 Å². The summed E-state index contributed by atoms with van der Waals surface area (Å²) in [5.41, 5.74) is 3.16. The normalized spacial score (nSPS) is 17.1. The van der Waals surface area contributed by atoms with Gasteiger partial charge in [-0.05, 0) is 41.4 Å². The molecule has 0 nitrogen and oxygen atoms in total. The fourth-order valence-corrected chi connectivity index (χ4v) is 2.42. The van der Waals surface area contributed by atoms with Crippen LogP contribution >= 0.6 is 15.9 Å². The van der Waals surface area contributed by atoms with Crippen LogP contribution in [0.3, 0.4) is 0 Å². The van der Waals surface area contributed by atoms with Crippen molar-refractivity contribution in [3.05, 3.63) is 33.8 Å². The zero-order valence-corrected chi connectivity index (χ0v) is 10.7. The van der Waals surface area contributed by atoms with Crippen LogP contribution < -0.4 is 0 Å². The minimum absolute atomic E-state index is 0.255. The van der Waals surface area contributed by atoms with Crippen LogP contribution in [-0.4, -0.2) is 0 Å². The van der Waals surface area contributed by atoms with Gasteiger partial charge in [-0.3, -0.25) is 0 Å². The van der Waals surface area contributed by atoms with Crippen molar-refractivity contribution in [3.63, 3.8) is 0 Å². The predicted molar refractivity (Wildman–Crippen MR) is 64.8 cm³/mol. The molecule has 0 unspecified atom stereocenters. The molecule has 0 aliphatic heterocycles. The van der Waals surface area contributed by atoms with Crippen LogP contribution in [0.2, 0.25) is 0 Å². The molecule has 0 bridgehead atoms. The van der Waals surface area contributed by atoms with E-state index in [1.54, 1.807) is 0 Å². The SMILES string of the molecule is CC(C)(C)c1ccc(C2CC2)c(Br)c1. The molecule has 2 rings (SSSR count). The first-order chi connectivity index (χ1) is 6.48. The third-order valence-electron chi connectivity index (χ3n) is 2.88. The topological polar surface area (TPSA) is 0 Å². The second kappa shape index (κ2) is 3.37. The van der Waals surface area contributed by atoms with E-state index in [1.165, 1.54) is 28.4 Å². The Morgan fingerprint density at radius 3 is 2.29 bits per heavy atom. The number of hydrogen-bond donors (Lipinski definition) is 0. The van der Waals surface area contributed by atoms with Crippen molar-refractivity contribution >= 4 is 15.9 Å². The number of hydrogen-bond acceptors (Lipinski definition) is 0. The van der Waals surface area contributed by atoms with Gasteiger partial charge in [0.25, 0.3) is 0 Å². The first-order valence-electron chi connectivity index (χ1n) is 5.28. The molecule has 0 heterocycles. The first-order valence-corrected chi connectivity index (χ1v) is 6.08. The van der Waals surface area contributed by atoms with Crippen molar-refractivity contribution in [2.75, 3.05) is 0 Å².